The van der Waals surface area contributed by atoms with Crippen molar-refractivity contribution in [3.05, 3.63) is 24.0 Å². The van der Waals surface area contributed by atoms with Crippen molar-refractivity contribution in [1.29, 1.82) is 0 Å². The molecule has 0 bridgehead atoms. The normalized spacial score (nSPS) is 15.7. The molecule has 0 aliphatic carbocycles. The van der Waals surface area contributed by atoms with Gasteiger partial charge in [0.15, 0.2) is 0 Å². The Morgan fingerprint density at radius 2 is 2.06 bits per heavy atom. The van der Waals surface area contributed by atoms with Gasteiger partial charge in [-0.3, -0.25) is 4.79 Å². The Balaban J connectivity index is 1.88. The van der Waals surface area contributed by atoms with E-state index in [1.54, 1.807) is 12.1 Å². The van der Waals surface area contributed by atoms with Gasteiger partial charge in [-0.25, -0.2) is 4.39 Å². The second-order valence-corrected chi connectivity index (χ2v) is 5.44. The van der Waals surface area contributed by atoms with Crippen molar-refractivity contribution in [2.75, 3.05) is 24.6 Å². The van der Waals surface area contributed by atoms with E-state index in [0.29, 0.717) is 16.3 Å². The van der Waals surface area contributed by atoms with E-state index >= 15 is 0 Å². The number of anilines is 1. The molecule has 0 saturated carbocycles. The van der Waals surface area contributed by atoms with Crippen LogP contribution in [0.15, 0.2) is 23.1 Å². The molecule has 1 saturated heterocycles. The molecule has 1 fully saturated rings. The first-order valence-electron chi connectivity index (χ1n) is 6.12. The van der Waals surface area contributed by atoms with E-state index < -0.39 is 0 Å². The number of halogens is 1. The van der Waals surface area contributed by atoms with Crippen LogP contribution in [0.1, 0.15) is 19.3 Å². The lowest BCUT2D eigenvalue weighted by Crippen LogP contribution is -2.36. The molecule has 0 spiro atoms. The maximum Gasteiger partial charge on any atom is 0.232 e. The molecule has 98 valence electrons. The maximum absolute atomic E-state index is 13.5. The summed E-state index contributed by atoms with van der Waals surface area (Å²) in [5.74, 6) is 0.0308. The fourth-order valence-corrected chi connectivity index (χ4v) is 2.83. The molecule has 2 rings (SSSR count). The third-order valence-electron chi connectivity index (χ3n) is 3.02. The van der Waals surface area contributed by atoms with Crippen LogP contribution in [0.2, 0.25) is 0 Å². The molecule has 1 aromatic carbocycles. The number of nitrogens with two attached hydrogens (primary N) is 1. The zero-order valence-electron chi connectivity index (χ0n) is 10.2. The van der Waals surface area contributed by atoms with Gasteiger partial charge in [-0.15, -0.1) is 11.8 Å². The van der Waals surface area contributed by atoms with Crippen molar-refractivity contribution in [3.8, 4) is 0 Å². The Bertz CT molecular complexity index is 433. The zero-order valence-corrected chi connectivity index (χ0v) is 11.0. The van der Waals surface area contributed by atoms with Crippen LogP contribution in [-0.4, -0.2) is 29.6 Å². The molecule has 3 nitrogen and oxygen atoms in total. The lowest BCUT2D eigenvalue weighted by Gasteiger charge is -2.26. The number of carbonyl (C=O) groups excluding carboxylic acids is 1. The third kappa shape index (κ3) is 3.38. The van der Waals surface area contributed by atoms with Gasteiger partial charge in [-0.05, 0) is 37.5 Å². The summed E-state index contributed by atoms with van der Waals surface area (Å²) in [5.41, 5.74) is 5.88. The standard InChI is InChI=1S/C13H17FN2OS/c14-11-8-10(15)4-5-12(11)18-9-13(17)16-6-2-1-3-7-16/h4-5,8H,1-3,6-7,9,15H2. The summed E-state index contributed by atoms with van der Waals surface area (Å²) in [4.78, 5) is 14.3. The van der Waals surface area contributed by atoms with Crippen LogP contribution < -0.4 is 5.73 Å². The summed E-state index contributed by atoms with van der Waals surface area (Å²) in [6.07, 6.45) is 3.35. The van der Waals surface area contributed by atoms with Crippen LogP contribution in [0.25, 0.3) is 0 Å². The first-order chi connectivity index (χ1) is 8.66. The Labute approximate surface area is 111 Å². The molecular weight excluding hydrogens is 251 g/mol. The Hall–Kier alpha value is -1.23. The van der Waals surface area contributed by atoms with E-state index in [-0.39, 0.29) is 11.7 Å². The van der Waals surface area contributed by atoms with Gasteiger partial charge in [-0.2, -0.15) is 0 Å². The van der Waals surface area contributed by atoms with Crippen molar-refractivity contribution in [2.24, 2.45) is 0 Å². The van der Waals surface area contributed by atoms with Crippen molar-refractivity contribution < 1.29 is 9.18 Å². The number of hydrogen-bond donors (Lipinski definition) is 1. The van der Waals surface area contributed by atoms with E-state index in [9.17, 15) is 9.18 Å². The van der Waals surface area contributed by atoms with E-state index in [1.807, 2.05) is 4.90 Å². The number of benzene rings is 1. The number of hydrogen-bond acceptors (Lipinski definition) is 3. The first kappa shape index (κ1) is 13.2. The van der Waals surface area contributed by atoms with E-state index in [0.717, 1.165) is 25.9 Å². The highest BCUT2D eigenvalue weighted by molar-refractivity contribution is 8.00. The zero-order chi connectivity index (χ0) is 13.0. The average molecular weight is 268 g/mol. The SMILES string of the molecule is Nc1ccc(SCC(=O)N2CCCCC2)c(F)c1. The van der Waals surface area contributed by atoms with Crippen molar-refractivity contribution in [2.45, 2.75) is 24.2 Å². The van der Waals surface area contributed by atoms with E-state index in [2.05, 4.69) is 0 Å². The topological polar surface area (TPSA) is 46.3 Å². The molecule has 0 aromatic heterocycles. The molecule has 1 aliphatic heterocycles. The smallest absolute Gasteiger partial charge is 0.232 e. The highest BCUT2D eigenvalue weighted by Gasteiger charge is 2.17. The number of likely N-dealkylation sites (tertiary alicyclic amines) is 1. The third-order valence-corrected chi connectivity index (χ3v) is 4.05. The second kappa shape index (κ2) is 6.09. The number of nitrogen functional groups attached to an aromatic ring is 1. The fourth-order valence-electron chi connectivity index (χ4n) is 2.01. The number of amides is 1. The van der Waals surface area contributed by atoms with Crippen LogP contribution in [0.5, 0.6) is 0 Å². The number of carbonyl (C=O) groups is 1. The van der Waals surface area contributed by atoms with Crippen LogP contribution in [0, 0.1) is 5.82 Å². The predicted octanol–water partition coefficient (Wildman–Crippen LogP) is 2.51. The van der Waals surface area contributed by atoms with Gasteiger partial charge in [-0.1, -0.05) is 0 Å². The summed E-state index contributed by atoms with van der Waals surface area (Å²) >= 11 is 1.24. The molecule has 1 aliphatic rings. The van der Waals surface area contributed by atoms with Crippen molar-refractivity contribution >= 4 is 23.4 Å². The summed E-state index contributed by atoms with van der Waals surface area (Å²) in [6, 6.07) is 4.56. The van der Waals surface area contributed by atoms with Gasteiger partial charge in [0.25, 0.3) is 0 Å². The van der Waals surface area contributed by atoms with Crippen molar-refractivity contribution in [3.63, 3.8) is 0 Å². The van der Waals surface area contributed by atoms with Crippen LogP contribution >= 0.6 is 11.8 Å². The van der Waals surface area contributed by atoms with E-state index in [1.165, 1.54) is 24.2 Å². The largest absolute Gasteiger partial charge is 0.399 e. The molecule has 2 N–H and O–H groups in total. The monoisotopic (exact) mass is 268 g/mol. The predicted molar refractivity (Wildman–Crippen MR) is 72.0 cm³/mol. The maximum atomic E-state index is 13.5. The molecule has 1 amide bonds. The first-order valence-corrected chi connectivity index (χ1v) is 7.11. The number of thioether (sulfide) groups is 1. The molecule has 0 unspecified atom stereocenters. The quantitative estimate of drug-likeness (QED) is 0.677. The summed E-state index contributed by atoms with van der Waals surface area (Å²) in [6.45, 7) is 1.67. The van der Waals surface area contributed by atoms with Gasteiger partial charge >= 0.3 is 0 Å². The Morgan fingerprint density at radius 1 is 1.33 bits per heavy atom. The number of nitrogens with zero attached hydrogens (tertiary/aromatic N) is 1. The van der Waals surface area contributed by atoms with Crippen LogP contribution in [0.4, 0.5) is 10.1 Å². The average Bonchev–Trinajstić information content (AvgIpc) is 2.38. The Kier molecular flexibility index (Phi) is 4.47. The van der Waals surface area contributed by atoms with Crippen molar-refractivity contribution in [1.82, 2.24) is 4.90 Å². The summed E-state index contributed by atoms with van der Waals surface area (Å²) in [7, 11) is 0. The number of rotatable bonds is 3. The minimum atomic E-state index is -0.355. The molecular formula is C13H17FN2OS. The molecule has 1 heterocycles. The molecule has 0 atom stereocenters. The van der Waals surface area contributed by atoms with Gasteiger partial charge in [0, 0.05) is 23.7 Å². The lowest BCUT2D eigenvalue weighted by molar-refractivity contribution is -0.129. The molecule has 5 heteroatoms. The van der Waals surface area contributed by atoms with Gasteiger partial charge < -0.3 is 10.6 Å². The van der Waals surface area contributed by atoms with E-state index in [4.69, 9.17) is 5.73 Å². The highest BCUT2D eigenvalue weighted by Crippen LogP contribution is 2.24. The number of piperidine rings is 1. The fraction of sp³-hybridized carbons (Fsp3) is 0.462. The molecule has 1 aromatic rings. The van der Waals surface area contributed by atoms with Crippen LogP contribution in [0.3, 0.4) is 0 Å². The van der Waals surface area contributed by atoms with Gasteiger partial charge in [0.2, 0.25) is 5.91 Å². The minimum Gasteiger partial charge on any atom is -0.399 e. The van der Waals surface area contributed by atoms with Crippen LogP contribution in [-0.2, 0) is 4.79 Å². The second-order valence-electron chi connectivity index (χ2n) is 4.42. The highest BCUT2D eigenvalue weighted by atomic mass is 32.2. The van der Waals surface area contributed by atoms with Gasteiger partial charge in [0.05, 0.1) is 5.75 Å². The molecule has 0 radical (unpaired) electrons. The molecule has 18 heavy (non-hydrogen) atoms. The lowest BCUT2D eigenvalue weighted by atomic mass is 10.1. The minimum absolute atomic E-state index is 0.0934. The summed E-state index contributed by atoms with van der Waals surface area (Å²) in [5, 5.41) is 0. The Morgan fingerprint density at radius 3 is 2.72 bits per heavy atom. The summed E-state index contributed by atoms with van der Waals surface area (Å²) < 4.78 is 13.5. The van der Waals surface area contributed by atoms with Gasteiger partial charge in [0.1, 0.15) is 5.82 Å².